The van der Waals surface area contributed by atoms with Crippen molar-refractivity contribution in [3.8, 4) is 0 Å². The van der Waals surface area contributed by atoms with E-state index >= 15 is 0 Å². The van der Waals surface area contributed by atoms with Crippen LogP contribution in [-0.4, -0.2) is 24.6 Å². The fraction of sp³-hybridized carbons (Fsp3) is 0.500. The maximum atomic E-state index is 4.53. The number of nitrogens with zero attached hydrogens (tertiary/aromatic N) is 2. The van der Waals surface area contributed by atoms with E-state index in [2.05, 4.69) is 28.2 Å². The van der Waals surface area contributed by atoms with Gasteiger partial charge in [-0.15, -0.1) is 0 Å². The van der Waals surface area contributed by atoms with Gasteiger partial charge in [0.25, 0.3) is 0 Å². The molecule has 13 heavy (non-hydrogen) atoms. The first kappa shape index (κ1) is 8.35. The lowest BCUT2D eigenvalue weighted by molar-refractivity contribution is 0.794. The molecule has 0 aromatic carbocycles. The smallest absolute Gasteiger partial charge is 0.152 e. The monoisotopic (exact) mass is 177 g/mol. The molecule has 0 spiro atoms. The minimum Gasteiger partial charge on any atom is -0.380 e. The van der Waals surface area contributed by atoms with E-state index in [1.165, 1.54) is 5.69 Å². The summed E-state index contributed by atoms with van der Waals surface area (Å²) >= 11 is 0. The average molecular weight is 177 g/mol. The fourth-order valence-electron chi connectivity index (χ4n) is 1.66. The quantitative estimate of drug-likeness (QED) is 0.707. The lowest BCUT2D eigenvalue weighted by Crippen LogP contribution is -2.34. The second-order valence-electron chi connectivity index (χ2n) is 3.33. The zero-order valence-corrected chi connectivity index (χ0v) is 8.17. The van der Waals surface area contributed by atoms with Crippen LogP contribution in [0, 0.1) is 6.92 Å². The standard InChI is InChI=1S/C10H15N3/c1-3-13-7-6-11-9-5-4-8(2)12-10(9)13/h4-5,11H,3,6-7H2,1-2H3. The second kappa shape index (κ2) is 3.24. The van der Waals surface area contributed by atoms with E-state index in [1.54, 1.807) is 0 Å². The maximum absolute atomic E-state index is 4.53. The average Bonchev–Trinajstić information content (AvgIpc) is 2.17. The highest BCUT2D eigenvalue weighted by atomic mass is 15.2. The highest BCUT2D eigenvalue weighted by Crippen LogP contribution is 2.26. The van der Waals surface area contributed by atoms with E-state index < -0.39 is 0 Å². The third-order valence-electron chi connectivity index (χ3n) is 2.39. The number of rotatable bonds is 1. The largest absolute Gasteiger partial charge is 0.380 e. The Morgan fingerprint density at radius 3 is 3.15 bits per heavy atom. The Balaban J connectivity index is 2.41. The van der Waals surface area contributed by atoms with E-state index in [-0.39, 0.29) is 0 Å². The number of aromatic nitrogens is 1. The van der Waals surface area contributed by atoms with Gasteiger partial charge in [-0.1, -0.05) is 0 Å². The van der Waals surface area contributed by atoms with Crippen LogP contribution in [-0.2, 0) is 0 Å². The lowest BCUT2D eigenvalue weighted by Gasteiger charge is -2.29. The highest BCUT2D eigenvalue weighted by Gasteiger charge is 2.15. The van der Waals surface area contributed by atoms with E-state index in [0.717, 1.165) is 31.1 Å². The van der Waals surface area contributed by atoms with Gasteiger partial charge in [0.15, 0.2) is 5.82 Å². The van der Waals surface area contributed by atoms with Gasteiger partial charge < -0.3 is 10.2 Å². The Morgan fingerprint density at radius 2 is 2.38 bits per heavy atom. The second-order valence-corrected chi connectivity index (χ2v) is 3.33. The van der Waals surface area contributed by atoms with Gasteiger partial charge in [-0.25, -0.2) is 4.98 Å². The Morgan fingerprint density at radius 1 is 1.54 bits per heavy atom. The minimum atomic E-state index is 1.02. The van der Waals surface area contributed by atoms with Crippen molar-refractivity contribution >= 4 is 11.5 Å². The third-order valence-corrected chi connectivity index (χ3v) is 2.39. The third kappa shape index (κ3) is 1.46. The molecule has 0 atom stereocenters. The summed E-state index contributed by atoms with van der Waals surface area (Å²) in [7, 11) is 0. The lowest BCUT2D eigenvalue weighted by atomic mass is 10.2. The van der Waals surface area contributed by atoms with Gasteiger partial charge >= 0.3 is 0 Å². The van der Waals surface area contributed by atoms with Crippen molar-refractivity contribution in [2.45, 2.75) is 13.8 Å². The molecule has 0 bridgehead atoms. The summed E-state index contributed by atoms with van der Waals surface area (Å²) in [6, 6.07) is 4.16. The van der Waals surface area contributed by atoms with E-state index in [1.807, 2.05) is 13.0 Å². The molecule has 0 aliphatic carbocycles. The van der Waals surface area contributed by atoms with Crippen LogP contribution in [0.3, 0.4) is 0 Å². The predicted molar refractivity (Wildman–Crippen MR) is 55.4 cm³/mol. The summed E-state index contributed by atoms with van der Waals surface area (Å²) in [5.41, 5.74) is 2.25. The van der Waals surface area contributed by atoms with E-state index in [0.29, 0.717) is 0 Å². The van der Waals surface area contributed by atoms with Crippen molar-refractivity contribution < 1.29 is 0 Å². The number of hydrogen-bond donors (Lipinski definition) is 1. The molecule has 0 fully saturated rings. The van der Waals surface area contributed by atoms with Crippen LogP contribution < -0.4 is 10.2 Å². The Labute approximate surface area is 78.8 Å². The molecule has 0 saturated heterocycles. The molecule has 70 valence electrons. The van der Waals surface area contributed by atoms with E-state index in [9.17, 15) is 0 Å². The van der Waals surface area contributed by atoms with Crippen molar-refractivity contribution in [1.82, 2.24) is 4.98 Å². The molecule has 1 aliphatic rings. The van der Waals surface area contributed by atoms with Crippen LogP contribution in [0.25, 0.3) is 0 Å². The molecule has 1 aromatic heterocycles. The minimum absolute atomic E-state index is 1.02. The van der Waals surface area contributed by atoms with Crippen molar-refractivity contribution in [1.29, 1.82) is 0 Å². The summed E-state index contributed by atoms with van der Waals surface area (Å²) in [6.07, 6.45) is 0. The first-order valence-corrected chi connectivity index (χ1v) is 4.77. The molecule has 3 heteroatoms. The highest BCUT2D eigenvalue weighted by molar-refractivity contribution is 5.67. The SMILES string of the molecule is CCN1CCNc2ccc(C)nc21. The van der Waals surface area contributed by atoms with Gasteiger partial charge in [0.05, 0.1) is 5.69 Å². The molecule has 2 rings (SSSR count). The van der Waals surface area contributed by atoms with Gasteiger partial charge in [-0.05, 0) is 26.0 Å². The molecule has 1 N–H and O–H groups in total. The van der Waals surface area contributed by atoms with Crippen molar-refractivity contribution in [2.24, 2.45) is 0 Å². The number of nitrogens with one attached hydrogen (secondary N) is 1. The molecule has 1 aliphatic heterocycles. The van der Waals surface area contributed by atoms with E-state index in [4.69, 9.17) is 0 Å². The van der Waals surface area contributed by atoms with Gasteiger partial charge in [0.2, 0.25) is 0 Å². The van der Waals surface area contributed by atoms with Crippen LogP contribution in [0.2, 0.25) is 0 Å². The van der Waals surface area contributed by atoms with Crippen molar-refractivity contribution in [2.75, 3.05) is 29.9 Å². The maximum Gasteiger partial charge on any atom is 0.152 e. The summed E-state index contributed by atoms with van der Waals surface area (Å²) in [5, 5.41) is 3.35. The van der Waals surface area contributed by atoms with Crippen LogP contribution >= 0.6 is 0 Å². The normalized spacial score (nSPS) is 15.1. The molecule has 0 radical (unpaired) electrons. The molecule has 2 heterocycles. The fourth-order valence-corrected chi connectivity index (χ4v) is 1.66. The number of pyridine rings is 1. The van der Waals surface area contributed by atoms with Gasteiger partial charge in [0, 0.05) is 25.3 Å². The Kier molecular flexibility index (Phi) is 2.08. The molecule has 0 amide bonds. The zero-order chi connectivity index (χ0) is 9.26. The summed E-state index contributed by atoms with van der Waals surface area (Å²) in [4.78, 5) is 6.83. The molecule has 1 aromatic rings. The predicted octanol–water partition coefficient (Wildman–Crippen LogP) is 1.64. The first-order valence-electron chi connectivity index (χ1n) is 4.77. The van der Waals surface area contributed by atoms with Crippen LogP contribution in [0.15, 0.2) is 12.1 Å². The molecule has 0 unspecified atom stereocenters. The zero-order valence-electron chi connectivity index (χ0n) is 8.17. The van der Waals surface area contributed by atoms with Gasteiger partial charge in [0.1, 0.15) is 0 Å². The van der Waals surface area contributed by atoms with Crippen molar-refractivity contribution in [3.63, 3.8) is 0 Å². The van der Waals surface area contributed by atoms with Crippen LogP contribution in [0.4, 0.5) is 11.5 Å². The number of likely N-dealkylation sites (N-methyl/N-ethyl adjacent to an activating group) is 1. The summed E-state index contributed by atoms with van der Waals surface area (Å²) < 4.78 is 0. The molecular formula is C10H15N3. The van der Waals surface area contributed by atoms with Gasteiger partial charge in [-0.2, -0.15) is 0 Å². The topological polar surface area (TPSA) is 28.2 Å². The summed E-state index contributed by atoms with van der Waals surface area (Å²) in [5.74, 6) is 1.11. The number of hydrogen-bond acceptors (Lipinski definition) is 3. The van der Waals surface area contributed by atoms with Crippen LogP contribution in [0.1, 0.15) is 12.6 Å². The Hall–Kier alpha value is -1.25. The Bertz CT molecular complexity index is 309. The van der Waals surface area contributed by atoms with Crippen LogP contribution in [0.5, 0.6) is 0 Å². The molecule has 0 saturated carbocycles. The van der Waals surface area contributed by atoms with Crippen molar-refractivity contribution in [3.05, 3.63) is 17.8 Å². The number of aryl methyl sites for hydroxylation is 1. The molecule has 3 nitrogen and oxygen atoms in total. The molecular weight excluding hydrogens is 162 g/mol. The number of fused-ring (bicyclic) bond motifs is 1. The summed E-state index contributed by atoms with van der Waals surface area (Å²) in [6.45, 7) is 7.30. The van der Waals surface area contributed by atoms with Gasteiger partial charge in [-0.3, -0.25) is 0 Å². The number of anilines is 2. The first-order chi connectivity index (χ1) is 6.31.